The molecule has 0 aliphatic carbocycles. The summed E-state index contributed by atoms with van der Waals surface area (Å²) in [6.45, 7) is 0.841. The van der Waals surface area contributed by atoms with Crippen molar-refractivity contribution in [1.29, 1.82) is 0 Å². The highest BCUT2D eigenvalue weighted by atomic mass is 32.2. The molecule has 0 saturated carbocycles. The summed E-state index contributed by atoms with van der Waals surface area (Å²) >= 11 is 0. The number of alkyl halides is 3. The summed E-state index contributed by atoms with van der Waals surface area (Å²) in [7, 11) is -2.56. The summed E-state index contributed by atoms with van der Waals surface area (Å²) in [6, 6.07) is 5.36. The minimum Gasteiger partial charge on any atom is -0.469 e. The highest BCUT2D eigenvalue weighted by molar-refractivity contribution is 7.90. The van der Waals surface area contributed by atoms with Crippen molar-refractivity contribution in [3.8, 4) is 0 Å². The van der Waals surface area contributed by atoms with Gasteiger partial charge >= 0.3 is 12.1 Å². The number of piperazine rings is 1. The van der Waals surface area contributed by atoms with Gasteiger partial charge in [0.2, 0.25) is 0 Å². The maximum Gasteiger partial charge on any atom is 0.417 e. The van der Waals surface area contributed by atoms with Gasteiger partial charge < -0.3 is 14.5 Å². The van der Waals surface area contributed by atoms with Gasteiger partial charge in [-0.05, 0) is 30.3 Å². The normalized spacial score (nSPS) is 17.4. The lowest BCUT2D eigenvalue weighted by molar-refractivity contribution is -0.141. The van der Waals surface area contributed by atoms with E-state index in [0.29, 0.717) is 12.2 Å². The quantitative estimate of drug-likeness (QED) is 0.486. The standard InChI is InChI=1S/C20H21F4N3O4S/c1-31-19(28)10-15-12-26(14-4-5-16(21)17(9-14)32(2,29)30)7-8-27(15)18-6-3-13(11-25-18)20(22,23)24/h3-6,9,11,15H,7-8,10,12H2,1-2H3. The average molecular weight is 475 g/mol. The van der Waals surface area contributed by atoms with E-state index in [1.165, 1.54) is 25.3 Å². The fraction of sp³-hybridized carbons (Fsp3) is 0.400. The third-order valence-corrected chi connectivity index (χ3v) is 6.27. The summed E-state index contributed by atoms with van der Waals surface area (Å²) in [5, 5.41) is 0. The Balaban J connectivity index is 1.89. The monoisotopic (exact) mass is 475 g/mol. The second-order valence-electron chi connectivity index (χ2n) is 7.36. The maximum atomic E-state index is 14.0. The number of hydrogen-bond acceptors (Lipinski definition) is 7. The fourth-order valence-electron chi connectivity index (χ4n) is 3.54. The first kappa shape index (κ1) is 23.8. The molecule has 32 heavy (non-hydrogen) atoms. The number of sulfone groups is 1. The van der Waals surface area contributed by atoms with Crippen LogP contribution in [0.4, 0.5) is 29.1 Å². The van der Waals surface area contributed by atoms with Gasteiger partial charge in [-0.2, -0.15) is 13.2 Å². The summed E-state index contributed by atoms with van der Waals surface area (Å²) in [4.78, 5) is 18.9. The molecular weight excluding hydrogens is 454 g/mol. The van der Waals surface area contributed by atoms with Crippen molar-refractivity contribution < 1.29 is 35.5 Å². The third kappa shape index (κ3) is 5.29. The first-order chi connectivity index (χ1) is 14.9. The number of aromatic nitrogens is 1. The number of benzene rings is 1. The van der Waals surface area contributed by atoms with Crippen molar-refractivity contribution in [1.82, 2.24) is 4.98 Å². The zero-order valence-corrected chi connectivity index (χ0v) is 18.1. The van der Waals surface area contributed by atoms with Crippen LogP contribution >= 0.6 is 0 Å². The van der Waals surface area contributed by atoms with Gasteiger partial charge in [0.15, 0.2) is 9.84 Å². The van der Waals surface area contributed by atoms with Crippen LogP contribution in [0, 0.1) is 5.82 Å². The van der Waals surface area contributed by atoms with Gasteiger partial charge in [0.25, 0.3) is 0 Å². The van der Waals surface area contributed by atoms with Crippen molar-refractivity contribution in [2.45, 2.75) is 23.5 Å². The van der Waals surface area contributed by atoms with Crippen molar-refractivity contribution in [2.24, 2.45) is 0 Å². The number of rotatable bonds is 5. The molecule has 1 aliphatic heterocycles. The molecule has 1 saturated heterocycles. The van der Waals surface area contributed by atoms with E-state index in [2.05, 4.69) is 4.98 Å². The number of hydrogen-bond donors (Lipinski definition) is 0. The molecule has 7 nitrogen and oxygen atoms in total. The van der Waals surface area contributed by atoms with E-state index < -0.39 is 44.3 Å². The van der Waals surface area contributed by atoms with E-state index in [-0.39, 0.29) is 25.3 Å². The lowest BCUT2D eigenvalue weighted by Crippen LogP contribution is -2.54. The van der Waals surface area contributed by atoms with E-state index in [1.54, 1.807) is 9.80 Å². The highest BCUT2D eigenvalue weighted by Crippen LogP contribution is 2.31. The second-order valence-corrected chi connectivity index (χ2v) is 9.35. The van der Waals surface area contributed by atoms with Crippen LogP contribution in [0.25, 0.3) is 0 Å². The smallest absolute Gasteiger partial charge is 0.417 e. The van der Waals surface area contributed by atoms with Crippen molar-refractivity contribution in [2.75, 3.05) is 42.8 Å². The molecule has 1 unspecified atom stereocenters. The zero-order valence-electron chi connectivity index (χ0n) is 17.3. The van der Waals surface area contributed by atoms with Gasteiger partial charge in [-0.25, -0.2) is 17.8 Å². The molecule has 0 radical (unpaired) electrons. The molecule has 2 aromatic rings. The molecule has 3 rings (SSSR count). The number of ether oxygens (including phenoxy) is 1. The Morgan fingerprint density at radius 1 is 1.22 bits per heavy atom. The molecule has 1 aliphatic rings. The van der Waals surface area contributed by atoms with E-state index >= 15 is 0 Å². The number of carbonyl (C=O) groups is 1. The van der Waals surface area contributed by atoms with Crippen molar-refractivity contribution in [3.63, 3.8) is 0 Å². The van der Waals surface area contributed by atoms with Crippen LogP contribution in [-0.4, -0.2) is 58.4 Å². The Labute approximate surface area is 182 Å². The fourth-order valence-corrected chi connectivity index (χ4v) is 4.30. The topological polar surface area (TPSA) is 79.8 Å². The van der Waals surface area contributed by atoms with Crippen molar-refractivity contribution >= 4 is 27.3 Å². The SMILES string of the molecule is COC(=O)CC1CN(c2ccc(F)c(S(C)(=O)=O)c2)CCN1c1ccc(C(F)(F)F)cn1. The number of pyridine rings is 1. The van der Waals surface area contributed by atoms with Gasteiger partial charge in [0.1, 0.15) is 16.5 Å². The number of methoxy groups -OCH3 is 1. The number of carbonyl (C=O) groups excluding carboxylic acids is 1. The first-order valence-corrected chi connectivity index (χ1v) is 11.4. The van der Waals surface area contributed by atoms with Gasteiger partial charge in [0.05, 0.1) is 25.1 Å². The predicted octanol–water partition coefficient (Wildman–Crippen LogP) is 2.90. The summed E-state index contributed by atoms with van der Waals surface area (Å²) in [6.07, 6.45) is -2.95. The molecule has 0 spiro atoms. The Morgan fingerprint density at radius 3 is 2.50 bits per heavy atom. The van der Waals surface area contributed by atoms with Crippen LogP contribution in [0.5, 0.6) is 0 Å². The van der Waals surface area contributed by atoms with Crippen LogP contribution in [0.3, 0.4) is 0 Å². The Bertz CT molecular complexity index is 1090. The van der Waals surface area contributed by atoms with E-state index in [0.717, 1.165) is 24.6 Å². The number of halogens is 4. The molecule has 1 fully saturated rings. The van der Waals surface area contributed by atoms with Crippen LogP contribution in [0.15, 0.2) is 41.4 Å². The minimum absolute atomic E-state index is 0.0736. The molecule has 2 heterocycles. The van der Waals surface area contributed by atoms with Gasteiger partial charge in [-0.1, -0.05) is 0 Å². The van der Waals surface area contributed by atoms with Gasteiger partial charge in [-0.15, -0.1) is 0 Å². The second kappa shape index (κ2) is 8.93. The summed E-state index contributed by atoms with van der Waals surface area (Å²) in [5.41, 5.74) is -0.439. The first-order valence-electron chi connectivity index (χ1n) is 9.51. The molecule has 1 atom stereocenters. The molecule has 0 bridgehead atoms. The molecule has 1 aromatic carbocycles. The molecule has 0 N–H and O–H groups in total. The van der Waals surface area contributed by atoms with Crippen LogP contribution < -0.4 is 9.80 Å². The number of nitrogens with zero attached hydrogens (tertiary/aromatic N) is 3. The maximum absolute atomic E-state index is 14.0. The molecule has 1 aromatic heterocycles. The highest BCUT2D eigenvalue weighted by Gasteiger charge is 2.33. The van der Waals surface area contributed by atoms with Gasteiger partial charge in [0, 0.05) is 37.8 Å². The lowest BCUT2D eigenvalue weighted by atomic mass is 10.1. The van der Waals surface area contributed by atoms with Crippen LogP contribution in [0.1, 0.15) is 12.0 Å². The predicted molar refractivity (Wildman–Crippen MR) is 109 cm³/mol. The molecule has 0 amide bonds. The Hall–Kier alpha value is -2.89. The van der Waals surface area contributed by atoms with Crippen molar-refractivity contribution in [3.05, 3.63) is 47.9 Å². The summed E-state index contributed by atoms with van der Waals surface area (Å²) in [5.74, 6) is -1.12. The molecule has 12 heteroatoms. The van der Waals surface area contributed by atoms with E-state index in [9.17, 15) is 30.8 Å². The van der Waals surface area contributed by atoms with E-state index in [1.807, 2.05) is 0 Å². The molecule has 174 valence electrons. The lowest BCUT2D eigenvalue weighted by Gasteiger charge is -2.43. The Morgan fingerprint density at radius 2 is 1.94 bits per heavy atom. The molecular formula is C20H21F4N3O4S. The largest absolute Gasteiger partial charge is 0.469 e. The summed E-state index contributed by atoms with van der Waals surface area (Å²) < 4.78 is 81.0. The Kier molecular flexibility index (Phi) is 6.63. The minimum atomic E-state index is -4.52. The average Bonchev–Trinajstić information content (AvgIpc) is 2.72. The number of esters is 1. The third-order valence-electron chi connectivity index (χ3n) is 5.16. The number of anilines is 2. The van der Waals surface area contributed by atoms with Gasteiger partial charge in [-0.3, -0.25) is 4.79 Å². The van der Waals surface area contributed by atoms with Crippen LogP contribution in [0.2, 0.25) is 0 Å². The van der Waals surface area contributed by atoms with Crippen LogP contribution in [-0.2, 0) is 25.5 Å². The zero-order chi connectivity index (χ0) is 23.7. The van der Waals surface area contributed by atoms with E-state index in [4.69, 9.17) is 4.74 Å².